The van der Waals surface area contributed by atoms with Crippen molar-refractivity contribution in [3.05, 3.63) is 70.1 Å². The molecule has 3 nitrogen and oxygen atoms in total. The number of aromatic nitrogens is 2. The molecule has 0 aliphatic heterocycles. The Morgan fingerprint density at radius 2 is 2.15 bits per heavy atom. The second-order valence-corrected chi connectivity index (χ2v) is 5.20. The highest BCUT2D eigenvalue weighted by molar-refractivity contribution is 6.30. The Labute approximate surface area is 122 Å². The van der Waals surface area contributed by atoms with Crippen LogP contribution in [-0.4, -0.2) is 9.38 Å². The molecule has 0 radical (unpaired) electrons. The number of hydrogen-bond acceptors (Lipinski definition) is 2. The van der Waals surface area contributed by atoms with Crippen molar-refractivity contribution in [2.24, 2.45) is 0 Å². The first-order chi connectivity index (χ1) is 9.67. The minimum Gasteiger partial charge on any atom is -0.290 e. The topological polar surface area (TPSA) is 41.1 Å². The van der Waals surface area contributed by atoms with Crippen LogP contribution in [0.15, 0.2) is 42.6 Å². The fourth-order valence-electron chi connectivity index (χ4n) is 2.32. The van der Waals surface area contributed by atoms with Gasteiger partial charge in [0.2, 0.25) is 0 Å². The van der Waals surface area contributed by atoms with Crippen LogP contribution in [0.4, 0.5) is 0 Å². The number of nitriles is 1. The number of benzene rings is 1. The first-order valence-corrected chi connectivity index (χ1v) is 6.67. The molecular formula is C16H12ClN3. The molecule has 0 unspecified atom stereocenters. The van der Waals surface area contributed by atoms with Crippen LogP contribution < -0.4 is 0 Å². The fourth-order valence-corrected chi connectivity index (χ4v) is 2.49. The molecule has 2 aromatic heterocycles. The van der Waals surface area contributed by atoms with Crippen LogP contribution in [0.2, 0.25) is 5.02 Å². The van der Waals surface area contributed by atoms with Gasteiger partial charge in [-0.1, -0.05) is 41.4 Å². The van der Waals surface area contributed by atoms with Crippen LogP contribution in [0.3, 0.4) is 0 Å². The van der Waals surface area contributed by atoms with Crippen molar-refractivity contribution in [3.8, 4) is 6.07 Å². The summed E-state index contributed by atoms with van der Waals surface area (Å²) in [6.45, 7) is 2.05. The third-order valence-electron chi connectivity index (χ3n) is 3.21. The Morgan fingerprint density at radius 1 is 1.30 bits per heavy atom. The maximum Gasteiger partial charge on any atom is 0.148 e. The van der Waals surface area contributed by atoms with Crippen molar-refractivity contribution < 1.29 is 0 Å². The fraction of sp³-hybridized carbons (Fsp3) is 0.125. The van der Waals surface area contributed by atoms with E-state index in [2.05, 4.69) is 30.1 Å². The molecular weight excluding hydrogens is 270 g/mol. The van der Waals surface area contributed by atoms with Gasteiger partial charge in [0.1, 0.15) is 17.4 Å². The Bertz CT molecular complexity index is 827. The Hall–Kier alpha value is -2.31. The largest absolute Gasteiger partial charge is 0.290 e. The number of aryl methyl sites for hydroxylation is 1. The van der Waals surface area contributed by atoms with Crippen LogP contribution in [0.1, 0.15) is 22.5 Å². The highest BCUT2D eigenvalue weighted by Gasteiger charge is 2.12. The maximum atomic E-state index is 9.37. The molecule has 0 saturated carbocycles. The quantitative estimate of drug-likeness (QED) is 0.718. The van der Waals surface area contributed by atoms with E-state index in [0.29, 0.717) is 17.1 Å². The average Bonchev–Trinajstić information content (AvgIpc) is 2.75. The zero-order chi connectivity index (χ0) is 14.1. The molecule has 0 saturated heterocycles. The summed E-state index contributed by atoms with van der Waals surface area (Å²) in [5.41, 5.74) is 4.42. The van der Waals surface area contributed by atoms with E-state index in [1.807, 2.05) is 18.2 Å². The van der Waals surface area contributed by atoms with Gasteiger partial charge in [-0.15, -0.1) is 0 Å². The maximum absolute atomic E-state index is 9.37. The van der Waals surface area contributed by atoms with Crippen molar-refractivity contribution in [3.63, 3.8) is 0 Å². The Balaban J connectivity index is 2.10. The van der Waals surface area contributed by atoms with Crippen molar-refractivity contribution in [2.75, 3.05) is 0 Å². The van der Waals surface area contributed by atoms with Crippen molar-refractivity contribution in [2.45, 2.75) is 13.3 Å². The lowest BCUT2D eigenvalue weighted by molar-refractivity contribution is 1.08. The van der Waals surface area contributed by atoms with E-state index in [1.54, 1.807) is 16.7 Å². The summed E-state index contributed by atoms with van der Waals surface area (Å²) >= 11 is 5.98. The summed E-state index contributed by atoms with van der Waals surface area (Å²) in [7, 11) is 0. The molecule has 0 amide bonds. The van der Waals surface area contributed by atoms with Gasteiger partial charge < -0.3 is 0 Å². The SMILES string of the molecule is Cc1cccc(Cc2nc3ccc(Cl)cn3c2C#N)c1. The van der Waals surface area contributed by atoms with Crippen molar-refractivity contribution in [1.82, 2.24) is 9.38 Å². The number of imidazole rings is 1. The summed E-state index contributed by atoms with van der Waals surface area (Å²) < 4.78 is 1.74. The number of pyridine rings is 1. The zero-order valence-electron chi connectivity index (χ0n) is 11.0. The summed E-state index contributed by atoms with van der Waals surface area (Å²) in [6.07, 6.45) is 2.37. The molecule has 0 aliphatic carbocycles. The van der Waals surface area contributed by atoms with Gasteiger partial charge in [0, 0.05) is 12.6 Å². The molecule has 0 spiro atoms. The number of nitrogens with zero attached hydrogens (tertiary/aromatic N) is 3. The van der Waals surface area contributed by atoms with Gasteiger partial charge in [-0.3, -0.25) is 4.40 Å². The number of rotatable bonds is 2. The van der Waals surface area contributed by atoms with Crippen LogP contribution in [-0.2, 0) is 6.42 Å². The van der Waals surface area contributed by atoms with Gasteiger partial charge in [-0.05, 0) is 24.6 Å². The van der Waals surface area contributed by atoms with Crippen molar-refractivity contribution >= 4 is 17.2 Å². The molecule has 3 aromatic rings. The van der Waals surface area contributed by atoms with E-state index in [1.165, 1.54) is 5.56 Å². The second kappa shape index (κ2) is 4.99. The molecule has 4 heteroatoms. The molecule has 2 heterocycles. The monoisotopic (exact) mass is 281 g/mol. The molecule has 0 N–H and O–H groups in total. The van der Waals surface area contributed by atoms with E-state index in [4.69, 9.17) is 11.6 Å². The third kappa shape index (κ3) is 2.26. The van der Waals surface area contributed by atoms with Gasteiger partial charge in [0.25, 0.3) is 0 Å². The molecule has 0 bridgehead atoms. The molecule has 0 fully saturated rings. The Kier molecular flexibility index (Phi) is 3.17. The normalized spacial score (nSPS) is 10.7. The van der Waals surface area contributed by atoms with Gasteiger partial charge in [-0.2, -0.15) is 5.26 Å². The minimum atomic E-state index is 0.545. The molecule has 0 aliphatic rings. The van der Waals surface area contributed by atoms with Crippen LogP contribution in [0.5, 0.6) is 0 Å². The summed E-state index contributed by atoms with van der Waals surface area (Å²) in [4.78, 5) is 4.53. The lowest BCUT2D eigenvalue weighted by Gasteiger charge is -2.00. The van der Waals surface area contributed by atoms with Crippen LogP contribution in [0, 0.1) is 18.3 Å². The standard InChI is InChI=1S/C16H12ClN3/c1-11-3-2-4-12(7-11)8-14-15(9-18)20-10-13(17)5-6-16(20)19-14/h2-7,10H,8H2,1H3. The van der Waals surface area contributed by atoms with E-state index in [0.717, 1.165) is 16.9 Å². The Morgan fingerprint density at radius 3 is 2.90 bits per heavy atom. The third-order valence-corrected chi connectivity index (χ3v) is 3.44. The minimum absolute atomic E-state index is 0.545. The predicted octanol–water partition coefficient (Wildman–Crippen LogP) is 3.76. The lowest BCUT2D eigenvalue weighted by atomic mass is 10.1. The molecule has 98 valence electrons. The zero-order valence-corrected chi connectivity index (χ0v) is 11.7. The van der Waals surface area contributed by atoms with Crippen LogP contribution in [0.25, 0.3) is 5.65 Å². The van der Waals surface area contributed by atoms with Gasteiger partial charge >= 0.3 is 0 Å². The average molecular weight is 282 g/mol. The molecule has 0 atom stereocenters. The van der Waals surface area contributed by atoms with Gasteiger partial charge in [0.05, 0.1) is 10.7 Å². The number of hydrogen-bond donors (Lipinski definition) is 0. The first kappa shape index (κ1) is 12.7. The van der Waals surface area contributed by atoms with E-state index < -0.39 is 0 Å². The van der Waals surface area contributed by atoms with E-state index >= 15 is 0 Å². The summed E-state index contributed by atoms with van der Waals surface area (Å²) in [6, 6.07) is 14.1. The first-order valence-electron chi connectivity index (χ1n) is 6.29. The van der Waals surface area contributed by atoms with Gasteiger partial charge in [-0.25, -0.2) is 4.98 Å². The van der Waals surface area contributed by atoms with Crippen molar-refractivity contribution in [1.29, 1.82) is 5.26 Å². The molecule has 3 rings (SSSR count). The number of fused-ring (bicyclic) bond motifs is 1. The van der Waals surface area contributed by atoms with E-state index in [9.17, 15) is 5.26 Å². The lowest BCUT2D eigenvalue weighted by Crippen LogP contribution is -1.94. The number of halogens is 1. The highest BCUT2D eigenvalue weighted by atomic mass is 35.5. The predicted molar refractivity (Wildman–Crippen MR) is 78.9 cm³/mol. The molecule has 1 aromatic carbocycles. The summed E-state index contributed by atoms with van der Waals surface area (Å²) in [5.74, 6) is 0. The van der Waals surface area contributed by atoms with E-state index in [-0.39, 0.29) is 0 Å². The molecule has 20 heavy (non-hydrogen) atoms. The summed E-state index contributed by atoms with van der Waals surface area (Å²) in [5, 5.41) is 9.97. The highest BCUT2D eigenvalue weighted by Crippen LogP contribution is 2.19. The van der Waals surface area contributed by atoms with Crippen LogP contribution >= 0.6 is 11.6 Å². The smallest absolute Gasteiger partial charge is 0.148 e. The second-order valence-electron chi connectivity index (χ2n) is 4.76. The van der Waals surface area contributed by atoms with Gasteiger partial charge in [0.15, 0.2) is 0 Å².